The number of aromatic amines is 1. The van der Waals surface area contributed by atoms with Crippen molar-refractivity contribution >= 4 is 18.3 Å². The zero-order valence-electron chi connectivity index (χ0n) is 14.3. The summed E-state index contributed by atoms with van der Waals surface area (Å²) in [5.74, 6) is -0.289. The van der Waals surface area contributed by atoms with Crippen LogP contribution in [0.2, 0.25) is 0 Å². The molecule has 2 N–H and O–H groups in total. The van der Waals surface area contributed by atoms with Crippen LogP contribution >= 0.6 is 12.4 Å². The van der Waals surface area contributed by atoms with Crippen LogP contribution in [0.15, 0.2) is 24.3 Å². The molecule has 5 nitrogen and oxygen atoms in total. The van der Waals surface area contributed by atoms with Crippen molar-refractivity contribution in [3.05, 3.63) is 52.6 Å². The highest BCUT2D eigenvalue weighted by Crippen LogP contribution is 2.17. The minimum Gasteiger partial charge on any atom is -0.337 e. The number of carbonyl (C=O) groups excluding carboxylic acids is 1. The monoisotopic (exact) mass is 366 g/mol. The molecule has 0 spiro atoms. The standard InChI is InChI=1S/C18H23FN4O.ClH/c1-2-9-23(10-7-13-4-3-5-14(19)11-13)18(24)17-15-12-20-8-6-16(15)21-22-17;/h3-5,11,20H,2,6-10,12H2,1H3,(H,21,22);1H. The van der Waals surface area contributed by atoms with Crippen LogP contribution in [0, 0.1) is 5.82 Å². The molecule has 1 aliphatic rings. The fraction of sp³-hybridized carbons (Fsp3) is 0.444. The summed E-state index contributed by atoms with van der Waals surface area (Å²) in [6.45, 7) is 4.86. The molecule has 1 aliphatic heterocycles. The number of nitrogens with zero attached hydrogens (tertiary/aromatic N) is 2. The van der Waals surface area contributed by atoms with Crippen molar-refractivity contribution in [1.29, 1.82) is 0 Å². The maximum absolute atomic E-state index is 13.3. The van der Waals surface area contributed by atoms with Crippen LogP contribution < -0.4 is 5.32 Å². The lowest BCUT2D eigenvalue weighted by molar-refractivity contribution is 0.0750. The topological polar surface area (TPSA) is 61.0 Å². The summed E-state index contributed by atoms with van der Waals surface area (Å²) in [5, 5.41) is 10.5. The molecule has 0 atom stereocenters. The lowest BCUT2D eigenvalue weighted by Crippen LogP contribution is -2.35. The first-order valence-corrected chi connectivity index (χ1v) is 8.49. The quantitative estimate of drug-likeness (QED) is 0.826. The summed E-state index contributed by atoms with van der Waals surface area (Å²) in [5.41, 5.74) is 3.45. The zero-order chi connectivity index (χ0) is 16.9. The molecule has 3 rings (SSSR count). The Balaban J connectivity index is 0.00000225. The van der Waals surface area contributed by atoms with E-state index in [1.54, 1.807) is 6.07 Å². The minimum atomic E-state index is -0.242. The molecule has 7 heteroatoms. The van der Waals surface area contributed by atoms with Crippen LogP contribution in [-0.4, -0.2) is 40.6 Å². The molecule has 0 fully saturated rings. The van der Waals surface area contributed by atoms with Crippen LogP contribution in [0.4, 0.5) is 4.39 Å². The number of fused-ring (bicyclic) bond motifs is 1. The second-order valence-corrected chi connectivity index (χ2v) is 6.13. The van der Waals surface area contributed by atoms with Gasteiger partial charge in [-0.25, -0.2) is 4.39 Å². The molecule has 136 valence electrons. The predicted molar refractivity (Wildman–Crippen MR) is 97.5 cm³/mol. The third-order valence-corrected chi connectivity index (χ3v) is 4.35. The van der Waals surface area contributed by atoms with Gasteiger partial charge in [0.15, 0.2) is 5.69 Å². The maximum Gasteiger partial charge on any atom is 0.274 e. The van der Waals surface area contributed by atoms with Gasteiger partial charge in [-0.05, 0) is 30.5 Å². The van der Waals surface area contributed by atoms with Crippen molar-refractivity contribution in [2.24, 2.45) is 0 Å². The molecule has 0 radical (unpaired) electrons. The summed E-state index contributed by atoms with van der Waals surface area (Å²) in [6.07, 6.45) is 2.38. The Morgan fingerprint density at radius 1 is 1.36 bits per heavy atom. The van der Waals surface area contributed by atoms with Gasteiger partial charge in [0.25, 0.3) is 5.91 Å². The molecule has 1 aromatic heterocycles. The second-order valence-electron chi connectivity index (χ2n) is 6.13. The molecule has 0 saturated carbocycles. The number of carbonyl (C=O) groups is 1. The van der Waals surface area contributed by atoms with Gasteiger partial charge in [0.05, 0.1) is 0 Å². The van der Waals surface area contributed by atoms with E-state index in [1.807, 2.05) is 17.9 Å². The Morgan fingerprint density at radius 3 is 2.96 bits per heavy atom. The Bertz CT molecular complexity index is 719. The van der Waals surface area contributed by atoms with Crippen LogP contribution in [-0.2, 0) is 19.4 Å². The van der Waals surface area contributed by atoms with Gasteiger partial charge in [0, 0.05) is 43.9 Å². The Hall–Kier alpha value is -1.92. The number of halogens is 2. The Labute approximate surface area is 153 Å². The van der Waals surface area contributed by atoms with Crippen LogP contribution in [0.3, 0.4) is 0 Å². The number of rotatable bonds is 6. The molecular weight excluding hydrogens is 343 g/mol. The third kappa shape index (κ3) is 4.58. The second kappa shape index (κ2) is 8.97. The third-order valence-electron chi connectivity index (χ3n) is 4.35. The molecule has 1 amide bonds. The lowest BCUT2D eigenvalue weighted by Gasteiger charge is -2.22. The molecule has 1 aromatic carbocycles. The molecule has 2 heterocycles. The van der Waals surface area contributed by atoms with Gasteiger partial charge in [0.1, 0.15) is 5.82 Å². The maximum atomic E-state index is 13.3. The van der Waals surface area contributed by atoms with E-state index in [0.29, 0.717) is 31.7 Å². The van der Waals surface area contributed by atoms with Crippen molar-refractivity contribution in [3.63, 3.8) is 0 Å². The summed E-state index contributed by atoms with van der Waals surface area (Å²) < 4.78 is 13.3. The van der Waals surface area contributed by atoms with Crippen molar-refractivity contribution in [2.75, 3.05) is 19.6 Å². The summed E-state index contributed by atoms with van der Waals surface area (Å²) in [6, 6.07) is 6.54. The minimum absolute atomic E-state index is 0. The van der Waals surface area contributed by atoms with Gasteiger partial charge in [-0.15, -0.1) is 12.4 Å². The van der Waals surface area contributed by atoms with E-state index in [1.165, 1.54) is 12.1 Å². The summed E-state index contributed by atoms with van der Waals surface area (Å²) >= 11 is 0. The van der Waals surface area contributed by atoms with Crippen molar-refractivity contribution < 1.29 is 9.18 Å². The van der Waals surface area contributed by atoms with Gasteiger partial charge in [0.2, 0.25) is 0 Å². The first-order valence-electron chi connectivity index (χ1n) is 8.49. The number of H-pyrrole nitrogens is 1. The van der Waals surface area contributed by atoms with Crippen LogP contribution in [0.1, 0.15) is 40.7 Å². The molecule has 0 saturated heterocycles. The van der Waals surface area contributed by atoms with Crippen LogP contribution in [0.5, 0.6) is 0 Å². The molecule has 0 bridgehead atoms. The first kappa shape index (κ1) is 19.4. The van der Waals surface area contributed by atoms with E-state index in [0.717, 1.165) is 36.2 Å². The number of amides is 1. The lowest BCUT2D eigenvalue weighted by atomic mass is 10.1. The van der Waals surface area contributed by atoms with Gasteiger partial charge >= 0.3 is 0 Å². The van der Waals surface area contributed by atoms with Gasteiger partial charge in [-0.2, -0.15) is 5.10 Å². The Kier molecular flexibility index (Phi) is 6.96. The number of benzene rings is 1. The van der Waals surface area contributed by atoms with E-state index >= 15 is 0 Å². The van der Waals surface area contributed by atoms with E-state index in [2.05, 4.69) is 15.5 Å². The highest BCUT2D eigenvalue weighted by atomic mass is 35.5. The largest absolute Gasteiger partial charge is 0.337 e. The fourth-order valence-electron chi connectivity index (χ4n) is 3.09. The number of nitrogens with one attached hydrogen (secondary N) is 2. The fourth-order valence-corrected chi connectivity index (χ4v) is 3.09. The van der Waals surface area contributed by atoms with Crippen LogP contribution in [0.25, 0.3) is 0 Å². The van der Waals surface area contributed by atoms with Crippen molar-refractivity contribution in [3.8, 4) is 0 Å². The number of hydrogen-bond acceptors (Lipinski definition) is 3. The molecule has 0 unspecified atom stereocenters. The Morgan fingerprint density at radius 2 is 2.20 bits per heavy atom. The average Bonchev–Trinajstić information content (AvgIpc) is 3.02. The van der Waals surface area contributed by atoms with E-state index in [-0.39, 0.29) is 24.1 Å². The van der Waals surface area contributed by atoms with E-state index < -0.39 is 0 Å². The zero-order valence-corrected chi connectivity index (χ0v) is 15.2. The summed E-state index contributed by atoms with van der Waals surface area (Å²) in [7, 11) is 0. The molecule has 25 heavy (non-hydrogen) atoms. The van der Waals surface area contributed by atoms with E-state index in [4.69, 9.17) is 0 Å². The molecule has 2 aromatic rings. The number of aromatic nitrogens is 2. The van der Waals surface area contributed by atoms with E-state index in [9.17, 15) is 9.18 Å². The SMILES string of the molecule is CCCN(CCc1cccc(F)c1)C(=O)c1n[nH]c2c1CNCC2.Cl. The predicted octanol–water partition coefficient (Wildman–Crippen LogP) is 2.71. The molecule has 0 aliphatic carbocycles. The molecular formula is C18H24ClFN4O. The normalized spacial score (nSPS) is 13.0. The first-order chi connectivity index (χ1) is 11.7. The smallest absolute Gasteiger partial charge is 0.274 e. The average molecular weight is 367 g/mol. The highest BCUT2D eigenvalue weighted by Gasteiger charge is 2.25. The van der Waals surface area contributed by atoms with Crippen molar-refractivity contribution in [1.82, 2.24) is 20.4 Å². The highest BCUT2D eigenvalue weighted by molar-refractivity contribution is 5.94. The summed E-state index contributed by atoms with van der Waals surface area (Å²) in [4.78, 5) is 14.7. The number of hydrogen-bond donors (Lipinski definition) is 2. The van der Waals surface area contributed by atoms with Gasteiger partial charge in [-0.3, -0.25) is 9.89 Å². The van der Waals surface area contributed by atoms with Crippen molar-refractivity contribution in [2.45, 2.75) is 32.7 Å². The van der Waals surface area contributed by atoms with Gasteiger partial charge in [-0.1, -0.05) is 19.1 Å². The van der Waals surface area contributed by atoms with Gasteiger partial charge < -0.3 is 10.2 Å².